The van der Waals surface area contributed by atoms with Crippen molar-refractivity contribution in [1.82, 2.24) is 15.3 Å². The molecular formula is C24H23N7O6S. The molecule has 3 aromatic carbocycles. The predicted octanol–water partition coefficient (Wildman–Crippen LogP) is 0.845. The number of nitrogens with zero attached hydrogens (tertiary/aromatic N) is 1. The number of aromatic nitrogens is 2. The van der Waals surface area contributed by atoms with Crippen LogP contribution < -0.4 is 21.9 Å². The molecular weight excluding hydrogens is 514 g/mol. The molecule has 0 fully saturated rings. The molecule has 1 heterocycles. The Hall–Kier alpha value is -4.95. The molecule has 0 atom stereocenters. The van der Waals surface area contributed by atoms with E-state index in [0.29, 0.717) is 16.6 Å². The second-order valence-corrected chi connectivity index (χ2v) is 9.91. The van der Waals surface area contributed by atoms with Crippen LogP contribution in [0.4, 0.5) is 0 Å². The number of nitrogens with two attached hydrogens (primary N) is 3. The number of hydrogen-bond acceptors (Lipinski definition) is 8. The van der Waals surface area contributed by atoms with Gasteiger partial charge < -0.3 is 32.0 Å². The van der Waals surface area contributed by atoms with Crippen LogP contribution in [0.1, 0.15) is 22.3 Å². The van der Waals surface area contributed by atoms with Gasteiger partial charge in [0, 0.05) is 35.2 Å². The largest absolute Gasteiger partial charge is 0.507 e. The summed E-state index contributed by atoms with van der Waals surface area (Å²) in [5.74, 6) is -2.10. The Morgan fingerprint density at radius 1 is 0.974 bits per heavy atom. The van der Waals surface area contributed by atoms with E-state index in [2.05, 4.69) is 15.3 Å². The average molecular weight is 538 g/mol. The molecule has 0 bridgehead atoms. The van der Waals surface area contributed by atoms with Crippen LogP contribution in [0.25, 0.3) is 33.5 Å². The minimum atomic E-state index is -4.16. The fourth-order valence-corrected chi connectivity index (χ4v) is 4.30. The molecule has 11 N–H and O–H groups in total. The Labute approximate surface area is 215 Å². The Balaban J connectivity index is 1.92. The van der Waals surface area contributed by atoms with Crippen LogP contribution >= 0.6 is 0 Å². The molecule has 0 radical (unpaired) electrons. The maximum absolute atomic E-state index is 12.9. The number of fused-ring (bicyclic) bond motifs is 1. The van der Waals surface area contributed by atoms with Gasteiger partial charge in [0.1, 0.15) is 23.2 Å². The van der Waals surface area contributed by atoms with Gasteiger partial charge in [-0.15, -0.1) is 0 Å². The highest BCUT2D eigenvalue weighted by molar-refractivity contribution is 7.89. The van der Waals surface area contributed by atoms with Crippen LogP contribution in [0.3, 0.4) is 0 Å². The molecule has 0 saturated carbocycles. The summed E-state index contributed by atoms with van der Waals surface area (Å²) in [6.07, 6.45) is -0.108. The molecule has 0 spiro atoms. The molecule has 0 aliphatic heterocycles. The van der Waals surface area contributed by atoms with Gasteiger partial charge in [0.15, 0.2) is 0 Å². The number of benzene rings is 3. The van der Waals surface area contributed by atoms with Gasteiger partial charge in [-0.1, -0.05) is 0 Å². The zero-order valence-electron chi connectivity index (χ0n) is 19.6. The lowest BCUT2D eigenvalue weighted by Gasteiger charge is -2.14. The summed E-state index contributed by atoms with van der Waals surface area (Å²) in [6, 6.07) is 10.7. The number of nitrogens with one attached hydrogen (secondary N) is 3. The van der Waals surface area contributed by atoms with Crippen LogP contribution in [0, 0.1) is 5.41 Å². The van der Waals surface area contributed by atoms with E-state index in [1.807, 2.05) is 0 Å². The van der Waals surface area contributed by atoms with Gasteiger partial charge in [-0.2, -0.15) is 0 Å². The lowest BCUT2D eigenvalue weighted by Crippen LogP contribution is -2.27. The van der Waals surface area contributed by atoms with Crippen molar-refractivity contribution in [3.63, 3.8) is 0 Å². The van der Waals surface area contributed by atoms with E-state index in [-0.39, 0.29) is 57.5 Å². The van der Waals surface area contributed by atoms with Gasteiger partial charge in [0.05, 0.1) is 21.5 Å². The SMILES string of the molecule is N=C(N)c1ccc2[nH]c(-c3cc(C(=O)NCCC(N)=O)cc(-c4cc(S(N)(=O)=O)ccc4O)c3O)nc2c1. The van der Waals surface area contributed by atoms with Crippen LogP contribution in [0.5, 0.6) is 11.5 Å². The number of aromatic hydroxyl groups is 2. The van der Waals surface area contributed by atoms with Crippen molar-refractivity contribution in [2.45, 2.75) is 11.3 Å². The summed E-state index contributed by atoms with van der Waals surface area (Å²) < 4.78 is 23.8. The first-order valence-electron chi connectivity index (χ1n) is 11.0. The minimum absolute atomic E-state index is 0.00237. The number of primary sulfonamides is 1. The Morgan fingerprint density at radius 2 is 1.68 bits per heavy atom. The summed E-state index contributed by atoms with van der Waals surface area (Å²) in [5.41, 5.74) is 11.9. The molecule has 4 rings (SSSR count). The number of imidazole rings is 1. The van der Waals surface area contributed by atoms with E-state index >= 15 is 0 Å². The third-order valence-corrected chi connectivity index (χ3v) is 6.58. The summed E-state index contributed by atoms with van der Waals surface area (Å²) in [6.45, 7) is -0.0513. The normalized spacial score (nSPS) is 11.4. The Kier molecular flexibility index (Phi) is 6.76. The predicted molar refractivity (Wildman–Crippen MR) is 139 cm³/mol. The molecule has 1 aromatic heterocycles. The topological polar surface area (TPSA) is 251 Å². The number of phenolic OH excluding ortho intramolecular Hbond substituents is 2. The zero-order valence-corrected chi connectivity index (χ0v) is 20.5. The number of carbonyl (C=O) groups excluding carboxylic acids is 2. The first-order chi connectivity index (χ1) is 17.8. The van der Waals surface area contributed by atoms with E-state index in [0.717, 1.165) is 18.2 Å². The highest BCUT2D eigenvalue weighted by Gasteiger charge is 2.22. The standard InChI is InChI=1S/C24H23N7O6S/c25-20(33)5-6-29-24(35)12-7-15(14-10-13(38(28,36)37)2-4-19(14)32)21(34)16(8-12)23-30-17-3-1-11(22(26)27)9-18(17)31-23/h1-4,7-10,32,34H,5-6H2,(H2,25,33)(H3,26,27)(H,29,35)(H,30,31)(H2,28,36,37). The third kappa shape index (κ3) is 5.25. The van der Waals surface area contributed by atoms with Gasteiger partial charge in [-0.3, -0.25) is 15.0 Å². The average Bonchev–Trinajstić information content (AvgIpc) is 3.26. The van der Waals surface area contributed by atoms with Crippen molar-refractivity contribution < 1.29 is 28.2 Å². The smallest absolute Gasteiger partial charge is 0.251 e. The molecule has 0 aliphatic carbocycles. The van der Waals surface area contributed by atoms with Crippen LogP contribution in [-0.2, 0) is 14.8 Å². The summed E-state index contributed by atoms with van der Waals surface area (Å²) in [4.78, 5) is 31.1. The Morgan fingerprint density at radius 3 is 2.34 bits per heavy atom. The number of aromatic amines is 1. The summed E-state index contributed by atoms with van der Waals surface area (Å²) >= 11 is 0. The molecule has 0 saturated heterocycles. The van der Waals surface area contributed by atoms with Gasteiger partial charge in [-0.25, -0.2) is 18.5 Å². The fourth-order valence-electron chi connectivity index (χ4n) is 3.76. The van der Waals surface area contributed by atoms with Crippen LogP contribution in [0.2, 0.25) is 0 Å². The number of H-pyrrole nitrogens is 1. The van der Waals surface area contributed by atoms with E-state index in [1.165, 1.54) is 12.1 Å². The zero-order chi connectivity index (χ0) is 27.8. The molecule has 4 aromatic rings. The summed E-state index contributed by atoms with van der Waals surface area (Å²) in [5, 5.41) is 37.2. The number of sulfonamides is 1. The fraction of sp³-hybridized carbons (Fsp3) is 0.0833. The van der Waals surface area contributed by atoms with E-state index in [4.69, 9.17) is 22.0 Å². The van der Waals surface area contributed by atoms with Crippen molar-refractivity contribution >= 4 is 38.7 Å². The number of hydrogen-bond donors (Lipinski definition) is 8. The number of primary amides is 1. The number of nitrogen functional groups attached to an aromatic ring is 1. The Bertz CT molecular complexity index is 1730. The molecule has 0 unspecified atom stereocenters. The van der Waals surface area contributed by atoms with Crippen molar-refractivity contribution in [2.75, 3.05) is 6.54 Å². The number of amides is 2. The molecule has 2 amide bonds. The maximum Gasteiger partial charge on any atom is 0.251 e. The lowest BCUT2D eigenvalue weighted by atomic mass is 9.96. The van der Waals surface area contributed by atoms with Gasteiger partial charge in [0.25, 0.3) is 5.91 Å². The lowest BCUT2D eigenvalue weighted by molar-refractivity contribution is -0.117. The number of phenols is 2. The van der Waals surface area contributed by atoms with Crippen molar-refractivity contribution in [3.8, 4) is 34.0 Å². The van der Waals surface area contributed by atoms with Crippen molar-refractivity contribution in [1.29, 1.82) is 5.41 Å². The van der Waals surface area contributed by atoms with Crippen LogP contribution in [-0.4, -0.2) is 52.8 Å². The highest BCUT2D eigenvalue weighted by atomic mass is 32.2. The van der Waals surface area contributed by atoms with E-state index in [1.54, 1.807) is 18.2 Å². The second-order valence-electron chi connectivity index (χ2n) is 8.35. The van der Waals surface area contributed by atoms with Gasteiger partial charge in [-0.05, 0) is 48.5 Å². The number of amidine groups is 1. The first kappa shape index (κ1) is 26.1. The molecule has 14 heteroatoms. The first-order valence-corrected chi connectivity index (χ1v) is 12.5. The van der Waals surface area contributed by atoms with Crippen molar-refractivity contribution in [3.05, 3.63) is 59.7 Å². The maximum atomic E-state index is 12.9. The summed E-state index contributed by atoms with van der Waals surface area (Å²) in [7, 11) is -4.16. The number of carbonyl (C=O) groups is 2. The molecule has 196 valence electrons. The van der Waals surface area contributed by atoms with Gasteiger partial charge >= 0.3 is 0 Å². The van der Waals surface area contributed by atoms with E-state index in [9.17, 15) is 28.2 Å². The minimum Gasteiger partial charge on any atom is -0.507 e. The van der Waals surface area contributed by atoms with Crippen LogP contribution in [0.15, 0.2) is 53.4 Å². The molecule has 0 aliphatic rings. The number of rotatable bonds is 8. The molecule has 38 heavy (non-hydrogen) atoms. The van der Waals surface area contributed by atoms with E-state index < -0.39 is 27.6 Å². The van der Waals surface area contributed by atoms with Crippen molar-refractivity contribution in [2.24, 2.45) is 16.6 Å². The quantitative estimate of drug-likeness (QED) is 0.118. The second kappa shape index (κ2) is 9.84. The highest BCUT2D eigenvalue weighted by Crippen LogP contribution is 2.42. The monoisotopic (exact) mass is 537 g/mol. The van der Waals surface area contributed by atoms with Gasteiger partial charge in [0.2, 0.25) is 15.9 Å². The third-order valence-electron chi connectivity index (χ3n) is 5.66. The molecule has 13 nitrogen and oxygen atoms in total.